The van der Waals surface area contributed by atoms with Gasteiger partial charge in [-0.1, -0.05) is 11.6 Å². The van der Waals surface area contributed by atoms with E-state index in [0.717, 1.165) is 6.07 Å². The van der Waals surface area contributed by atoms with Gasteiger partial charge < -0.3 is 9.84 Å². The summed E-state index contributed by atoms with van der Waals surface area (Å²) in [5.41, 5.74) is 0. The molecule has 0 atom stereocenters. The number of hydrogen-bond acceptors (Lipinski definition) is 2. The maximum Gasteiger partial charge on any atom is 0.173 e. The number of aromatic hydroxyl groups is 1. The van der Waals surface area contributed by atoms with E-state index in [1.165, 1.54) is 7.11 Å². The van der Waals surface area contributed by atoms with Crippen LogP contribution in [-0.4, -0.2) is 12.2 Å². The lowest BCUT2D eigenvalue weighted by atomic mass is 10.3. The second kappa shape index (κ2) is 3.49. The Morgan fingerprint density at radius 1 is 1.67 bits per heavy atom. The van der Waals surface area contributed by atoms with E-state index in [2.05, 4.69) is 20.7 Å². The van der Waals surface area contributed by atoms with Crippen LogP contribution >= 0.6 is 27.5 Å². The number of halogens is 3. The first kappa shape index (κ1) is 9.61. The van der Waals surface area contributed by atoms with Gasteiger partial charge in [-0.05, 0) is 15.9 Å². The summed E-state index contributed by atoms with van der Waals surface area (Å²) in [5.74, 6) is -0.800. The molecule has 0 radical (unpaired) electrons. The summed E-state index contributed by atoms with van der Waals surface area (Å²) >= 11 is 8.39. The zero-order valence-corrected chi connectivity index (χ0v) is 8.41. The van der Waals surface area contributed by atoms with Crippen molar-refractivity contribution in [1.82, 2.24) is 0 Å². The number of methoxy groups -OCH3 is 1. The maximum absolute atomic E-state index is 12.9. The van der Waals surface area contributed by atoms with Crippen molar-refractivity contribution in [2.75, 3.05) is 7.11 Å². The first-order valence-electron chi connectivity index (χ1n) is 2.98. The molecule has 0 aliphatic heterocycles. The maximum atomic E-state index is 12.9. The first-order valence-corrected chi connectivity index (χ1v) is 4.15. The van der Waals surface area contributed by atoms with E-state index in [4.69, 9.17) is 11.6 Å². The Bertz CT molecular complexity index is 317. The summed E-state index contributed by atoms with van der Waals surface area (Å²) in [6.07, 6.45) is 0. The van der Waals surface area contributed by atoms with Gasteiger partial charge in [0.1, 0.15) is 5.82 Å². The summed E-state index contributed by atoms with van der Waals surface area (Å²) in [6, 6.07) is 1.02. The average Bonchev–Trinajstić information content (AvgIpc) is 2.08. The number of phenolic OH excluding ortho intramolecular Hbond substituents is 1. The van der Waals surface area contributed by atoms with Crippen LogP contribution in [-0.2, 0) is 0 Å². The molecule has 1 N–H and O–H groups in total. The minimum atomic E-state index is -0.641. The third-order valence-corrected chi connectivity index (χ3v) is 2.69. The molecule has 0 spiro atoms. The molecule has 0 bridgehead atoms. The molecule has 1 aromatic carbocycles. The fourth-order valence-corrected chi connectivity index (χ4v) is 1.25. The molecule has 66 valence electrons. The van der Waals surface area contributed by atoms with Crippen LogP contribution < -0.4 is 4.74 Å². The van der Waals surface area contributed by atoms with Gasteiger partial charge >= 0.3 is 0 Å². The number of ether oxygens (including phenoxy) is 1. The van der Waals surface area contributed by atoms with Crippen LogP contribution in [0.25, 0.3) is 0 Å². The highest BCUT2D eigenvalue weighted by atomic mass is 79.9. The molecule has 0 saturated carbocycles. The quantitative estimate of drug-likeness (QED) is 0.782. The number of benzene rings is 1. The molecule has 0 amide bonds. The zero-order chi connectivity index (χ0) is 9.30. The fraction of sp³-hybridized carbons (Fsp3) is 0.143. The smallest absolute Gasteiger partial charge is 0.173 e. The predicted molar refractivity (Wildman–Crippen MR) is 47.3 cm³/mol. The predicted octanol–water partition coefficient (Wildman–Crippen LogP) is 2.96. The van der Waals surface area contributed by atoms with Crippen LogP contribution in [0.15, 0.2) is 10.5 Å². The average molecular weight is 255 g/mol. The number of hydrogen-bond donors (Lipinski definition) is 1. The molecule has 0 unspecified atom stereocenters. The monoisotopic (exact) mass is 254 g/mol. The largest absolute Gasteiger partial charge is 0.503 e. The third-order valence-electron chi connectivity index (χ3n) is 1.32. The van der Waals surface area contributed by atoms with Crippen LogP contribution in [0.3, 0.4) is 0 Å². The third kappa shape index (κ3) is 1.49. The lowest BCUT2D eigenvalue weighted by Crippen LogP contribution is -1.87. The van der Waals surface area contributed by atoms with Crippen molar-refractivity contribution in [2.24, 2.45) is 0 Å². The Morgan fingerprint density at radius 3 is 2.75 bits per heavy atom. The SMILES string of the molecule is COc1cc(F)c(Cl)c(Br)c1O. The first-order chi connectivity index (χ1) is 5.57. The summed E-state index contributed by atoms with van der Waals surface area (Å²) in [5, 5.41) is 9.12. The Hall–Kier alpha value is -0.480. The van der Waals surface area contributed by atoms with Crippen LogP contribution in [0.2, 0.25) is 5.02 Å². The highest BCUT2D eigenvalue weighted by Gasteiger charge is 2.14. The van der Waals surface area contributed by atoms with Gasteiger partial charge in [0, 0.05) is 6.07 Å². The molecule has 0 aliphatic rings. The topological polar surface area (TPSA) is 29.5 Å². The molecule has 0 aromatic heterocycles. The Kier molecular flexibility index (Phi) is 2.80. The van der Waals surface area contributed by atoms with Gasteiger partial charge in [0.25, 0.3) is 0 Å². The molecular weight excluding hydrogens is 250 g/mol. The van der Waals surface area contributed by atoms with Gasteiger partial charge in [-0.3, -0.25) is 0 Å². The summed E-state index contributed by atoms with van der Waals surface area (Å²) in [6.45, 7) is 0. The van der Waals surface area contributed by atoms with Crippen molar-refractivity contribution >= 4 is 27.5 Å². The molecule has 1 aromatic rings. The second-order valence-electron chi connectivity index (χ2n) is 2.04. The zero-order valence-electron chi connectivity index (χ0n) is 6.07. The van der Waals surface area contributed by atoms with Crippen molar-refractivity contribution < 1.29 is 14.2 Å². The number of phenols is 1. The summed E-state index contributed by atoms with van der Waals surface area (Å²) in [4.78, 5) is 0. The summed E-state index contributed by atoms with van der Waals surface area (Å²) < 4.78 is 17.6. The van der Waals surface area contributed by atoms with E-state index in [1.807, 2.05) is 0 Å². The van der Waals surface area contributed by atoms with Crippen molar-refractivity contribution in [3.63, 3.8) is 0 Å². The van der Waals surface area contributed by atoms with Crippen LogP contribution in [0, 0.1) is 5.82 Å². The summed E-state index contributed by atoms with van der Waals surface area (Å²) in [7, 11) is 1.33. The molecule has 5 heteroatoms. The Balaban J connectivity index is 3.39. The van der Waals surface area contributed by atoms with Gasteiger partial charge in [0.15, 0.2) is 11.5 Å². The lowest BCUT2D eigenvalue weighted by Gasteiger charge is -2.06. The van der Waals surface area contributed by atoms with Crippen LogP contribution in [0.4, 0.5) is 4.39 Å². The van der Waals surface area contributed by atoms with E-state index in [1.54, 1.807) is 0 Å². The van der Waals surface area contributed by atoms with E-state index in [9.17, 15) is 9.50 Å². The Labute approximate surface area is 82.0 Å². The van der Waals surface area contributed by atoms with E-state index < -0.39 is 5.82 Å². The molecular formula is C7H5BrClFO2. The molecule has 0 heterocycles. The minimum absolute atomic E-state index is 0.0452. The highest BCUT2D eigenvalue weighted by Crippen LogP contribution is 2.40. The minimum Gasteiger partial charge on any atom is -0.503 e. The van der Waals surface area contributed by atoms with Gasteiger partial charge in [0.05, 0.1) is 16.6 Å². The van der Waals surface area contributed by atoms with Crippen molar-refractivity contribution in [3.05, 3.63) is 21.4 Å². The van der Waals surface area contributed by atoms with Crippen LogP contribution in [0.5, 0.6) is 11.5 Å². The van der Waals surface area contributed by atoms with Crippen molar-refractivity contribution in [1.29, 1.82) is 0 Å². The molecule has 0 fully saturated rings. The van der Waals surface area contributed by atoms with Gasteiger partial charge in [-0.25, -0.2) is 4.39 Å². The molecule has 0 aliphatic carbocycles. The molecule has 2 nitrogen and oxygen atoms in total. The van der Waals surface area contributed by atoms with Gasteiger partial charge in [-0.15, -0.1) is 0 Å². The van der Waals surface area contributed by atoms with E-state index >= 15 is 0 Å². The van der Waals surface area contributed by atoms with Gasteiger partial charge in [0.2, 0.25) is 0 Å². The van der Waals surface area contributed by atoms with Crippen molar-refractivity contribution in [2.45, 2.75) is 0 Å². The highest BCUT2D eigenvalue weighted by molar-refractivity contribution is 9.10. The van der Waals surface area contributed by atoms with Gasteiger partial charge in [-0.2, -0.15) is 0 Å². The lowest BCUT2D eigenvalue weighted by molar-refractivity contribution is 0.368. The van der Waals surface area contributed by atoms with Crippen molar-refractivity contribution in [3.8, 4) is 11.5 Å². The van der Waals surface area contributed by atoms with E-state index in [0.29, 0.717) is 0 Å². The van der Waals surface area contributed by atoms with Crippen LogP contribution in [0.1, 0.15) is 0 Å². The molecule has 12 heavy (non-hydrogen) atoms. The van der Waals surface area contributed by atoms with E-state index in [-0.39, 0.29) is 21.0 Å². The standard InChI is InChI=1S/C7H5BrClFO2/c1-12-4-2-3(10)6(9)5(8)7(4)11/h2,11H,1H3. The fourth-order valence-electron chi connectivity index (χ4n) is 0.719. The normalized spacial score (nSPS) is 10.0. The second-order valence-corrected chi connectivity index (χ2v) is 3.21. The molecule has 0 saturated heterocycles. The molecule has 1 rings (SSSR count). The Morgan fingerprint density at radius 2 is 2.25 bits per heavy atom. The number of rotatable bonds is 1.